The molecule has 21 heavy (non-hydrogen) atoms. The summed E-state index contributed by atoms with van der Waals surface area (Å²) in [5, 5.41) is 3.23. The van der Waals surface area contributed by atoms with E-state index in [1.165, 1.54) is 6.92 Å². The Morgan fingerprint density at radius 3 is 2.29 bits per heavy atom. The number of hydrogen-bond donors (Lipinski definition) is 0. The van der Waals surface area contributed by atoms with Gasteiger partial charge in [-0.3, -0.25) is 0 Å². The molecule has 0 unspecified atom stereocenters. The van der Waals surface area contributed by atoms with Crippen LogP contribution in [-0.2, 0) is 18.8 Å². The van der Waals surface area contributed by atoms with Gasteiger partial charge in [-0.1, -0.05) is 6.92 Å². The second-order valence-corrected chi connectivity index (χ2v) is 4.16. The molecule has 0 bridgehead atoms. The highest BCUT2D eigenvalue weighted by Crippen LogP contribution is 2.34. The van der Waals surface area contributed by atoms with Gasteiger partial charge in [-0.05, 0) is 24.6 Å². The van der Waals surface area contributed by atoms with Crippen LogP contribution in [0.5, 0.6) is 0 Å². The van der Waals surface area contributed by atoms with E-state index in [4.69, 9.17) is 0 Å². The maximum Gasteiger partial charge on any atom is 0.435 e. The van der Waals surface area contributed by atoms with Crippen molar-refractivity contribution in [3.63, 3.8) is 0 Å². The normalized spacial score (nSPS) is 12.7. The smallest absolute Gasteiger partial charge is 0.237 e. The van der Waals surface area contributed by atoms with E-state index >= 15 is 0 Å². The fraction of sp³-hybridized carbons (Fsp3) is 0.333. The Balaban J connectivity index is 2.65. The zero-order valence-electron chi connectivity index (χ0n) is 10.6. The van der Waals surface area contributed by atoms with Crippen molar-refractivity contribution in [1.29, 1.82) is 0 Å². The molecule has 0 aromatic carbocycles. The summed E-state index contributed by atoms with van der Waals surface area (Å²) in [5.74, 6) is -0.669. The van der Waals surface area contributed by atoms with Crippen LogP contribution in [0.25, 0.3) is 5.82 Å². The molecule has 2 aromatic rings. The maximum atomic E-state index is 12.9. The van der Waals surface area contributed by atoms with Crippen LogP contribution >= 0.6 is 0 Å². The van der Waals surface area contributed by atoms with Crippen molar-refractivity contribution in [3.8, 4) is 5.82 Å². The van der Waals surface area contributed by atoms with Crippen LogP contribution < -0.4 is 0 Å². The predicted octanol–water partition coefficient (Wildman–Crippen LogP) is 3.87. The van der Waals surface area contributed by atoms with E-state index in [0.717, 1.165) is 24.4 Å². The highest BCUT2D eigenvalue weighted by Gasteiger charge is 2.38. The number of aromatic nitrogens is 3. The van der Waals surface area contributed by atoms with Crippen LogP contribution in [0.15, 0.2) is 24.4 Å². The topological polar surface area (TPSA) is 30.7 Å². The largest absolute Gasteiger partial charge is 0.435 e. The van der Waals surface area contributed by atoms with Gasteiger partial charge in [-0.2, -0.15) is 31.4 Å². The lowest BCUT2D eigenvalue weighted by molar-refractivity contribution is -0.141. The molecule has 0 N–H and O–H groups in total. The third kappa shape index (κ3) is 3.01. The van der Waals surface area contributed by atoms with Gasteiger partial charge >= 0.3 is 12.4 Å². The number of pyridine rings is 1. The first-order valence-corrected chi connectivity index (χ1v) is 5.83. The van der Waals surface area contributed by atoms with Crippen LogP contribution in [0.3, 0.4) is 0 Å². The van der Waals surface area contributed by atoms with E-state index in [0.29, 0.717) is 4.68 Å². The summed E-state index contributed by atoms with van der Waals surface area (Å²) >= 11 is 0. The molecule has 2 aromatic heterocycles. The molecule has 114 valence electrons. The third-order valence-corrected chi connectivity index (χ3v) is 2.73. The highest BCUT2D eigenvalue weighted by atomic mass is 19.4. The Hall–Kier alpha value is -2.06. The summed E-state index contributed by atoms with van der Waals surface area (Å²) in [6, 6.07) is 2.53. The molecule has 3 nitrogen and oxygen atoms in total. The van der Waals surface area contributed by atoms with Gasteiger partial charge in [0.2, 0.25) is 0 Å². The van der Waals surface area contributed by atoms with Gasteiger partial charge in [0.15, 0.2) is 11.5 Å². The van der Waals surface area contributed by atoms with Crippen LogP contribution in [0, 0.1) is 0 Å². The standard InChI is InChI=1S/C12H9F6N3/c1-2-7-6-9(12(16,17)18)20-21(7)10-8(11(13,14)15)4-3-5-19-10/h3-6H,2H2,1H3. The van der Waals surface area contributed by atoms with E-state index in [1.807, 2.05) is 0 Å². The highest BCUT2D eigenvalue weighted by molar-refractivity contribution is 5.37. The first-order chi connectivity index (χ1) is 9.64. The average molecular weight is 309 g/mol. The Morgan fingerprint density at radius 2 is 1.76 bits per heavy atom. The number of rotatable bonds is 2. The van der Waals surface area contributed by atoms with Crippen molar-refractivity contribution < 1.29 is 26.3 Å². The van der Waals surface area contributed by atoms with Crippen LogP contribution in [0.2, 0.25) is 0 Å². The van der Waals surface area contributed by atoms with Crippen molar-refractivity contribution in [1.82, 2.24) is 14.8 Å². The number of halogens is 6. The van der Waals surface area contributed by atoms with Crippen molar-refractivity contribution in [2.45, 2.75) is 25.7 Å². The van der Waals surface area contributed by atoms with Gasteiger partial charge in [0.05, 0.1) is 0 Å². The minimum atomic E-state index is -4.74. The Kier molecular flexibility index (Phi) is 3.68. The minimum absolute atomic E-state index is 0.00785. The fourth-order valence-electron chi connectivity index (χ4n) is 1.78. The lowest BCUT2D eigenvalue weighted by atomic mass is 10.2. The molecule has 0 saturated heterocycles. The molecule has 9 heteroatoms. The summed E-state index contributed by atoms with van der Waals surface area (Å²) in [5.41, 5.74) is -2.40. The summed E-state index contributed by atoms with van der Waals surface area (Å²) in [4.78, 5) is 3.53. The van der Waals surface area contributed by atoms with E-state index in [9.17, 15) is 26.3 Å². The van der Waals surface area contributed by atoms with E-state index in [-0.39, 0.29) is 12.1 Å². The lowest BCUT2D eigenvalue weighted by Gasteiger charge is -2.13. The van der Waals surface area contributed by atoms with Gasteiger partial charge < -0.3 is 0 Å². The monoisotopic (exact) mass is 309 g/mol. The maximum absolute atomic E-state index is 12.9. The van der Waals surface area contributed by atoms with Gasteiger partial charge in [0.25, 0.3) is 0 Å². The first-order valence-electron chi connectivity index (χ1n) is 5.83. The number of hydrogen-bond acceptors (Lipinski definition) is 2. The fourth-order valence-corrected chi connectivity index (χ4v) is 1.78. The van der Waals surface area contributed by atoms with Gasteiger partial charge in [-0.15, -0.1) is 0 Å². The minimum Gasteiger partial charge on any atom is -0.237 e. The molecule has 0 aliphatic carbocycles. The Bertz CT molecular complexity index is 641. The molecule has 0 radical (unpaired) electrons. The third-order valence-electron chi connectivity index (χ3n) is 2.73. The average Bonchev–Trinajstić information content (AvgIpc) is 2.81. The van der Waals surface area contributed by atoms with Crippen LogP contribution in [-0.4, -0.2) is 14.8 Å². The molecular formula is C12H9F6N3. The summed E-state index contributed by atoms with van der Waals surface area (Å²) in [6.07, 6.45) is -8.32. The van der Waals surface area contributed by atoms with Crippen molar-refractivity contribution in [2.75, 3.05) is 0 Å². The lowest BCUT2D eigenvalue weighted by Crippen LogP contribution is -2.15. The molecule has 0 atom stereocenters. The molecule has 2 rings (SSSR count). The summed E-state index contributed by atoms with van der Waals surface area (Å²) in [7, 11) is 0. The molecule has 2 heterocycles. The summed E-state index contributed by atoms with van der Waals surface area (Å²) in [6.45, 7) is 1.52. The Labute approximate surface area is 115 Å². The molecule has 0 aliphatic heterocycles. The van der Waals surface area contributed by atoms with E-state index < -0.39 is 29.4 Å². The van der Waals surface area contributed by atoms with Crippen molar-refractivity contribution >= 4 is 0 Å². The van der Waals surface area contributed by atoms with Crippen LogP contribution in [0.4, 0.5) is 26.3 Å². The van der Waals surface area contributed by atoms with Crippen LogP contribution in [0.1, 0.15) is 23.9 Å². The molecule has 0 spiro atoms. The van der Waals surface area contributed by atoms with Gasteiger partial charge in [0.1, 0.15) is 5.56 Å². The van der Waals surface area contributed by atoms with Gasteiger partial charge in [-0.25, -0.2) is 9.67 Å². The number of aryl methyl sites for hydroxylation is 1. The molecule has 0 saturated carbocycles. The molecule has 0 fully saturated rings. The second kappa shape index (κ2) is 5.05. The first kappa shape index (κ1) is 15.3. The van der Waals surface area contributed by atoms with Crippen molar-refractivity contribution in [3.05, 3.63) is 41.3 Å². The van der Waals surface area contributed by atoms with E-state index in [1.54, 1.807) is 0 Å². The quantitative estimate of drug-likeness (QED) is 0.789. The predicted molar refractivity (Wildman–Crippen MR) is 60.7 cm³/mol. The Morgan fingerprint density at radius 1 is 1.10 bits per heavy atom. The zero-order chi connectivity index (χ0) is 15.8. The van der Waals surface area contributed by atoms with E-state index in [2.05, 4.69) is 10.1 Å². The molecule has 0 aliphatic rings. The molecule has 0 amide bonds. The zero-order valence-corrected chi connectivity index (χ0v) is 10.6. The van der Waals surface area contributed by atoms with Crippen molar-refractivity contribution in [2.24, 2.45) is 0 Å². The molecular weight excluding hydrogens is 300 g/mol. The summed E-state index contributed by atoms with van der Waals surface area (Å²) < 4.78 is 77.3. The second-order valence-electron chi connectivity index (χ2n) is 4.16. The SMILES string of the molecule is CCc1cc(C(F)(F)F)nn1-c1ncccc1C(F)(F)F. The van der Waals surface area contributed by atoms with Gasteiger partial charge in [0, 0.05) is 11.9 Å². The number of alkyl halides is 6. The number of nitrogens with zero attached hydrogens (tertiary/aromatic N) is 3.